The Kier molecular flexibility index (Phi) is 5.87. The van der Waals surface area contributed by atoms with E-state index in [9.17, 15) is 9.59 Å². The highest BCUT2D eigenvalue weighted by atomic mass is 16.5. The Hall–Kier alpha value is -1.86. The van der Waals surface area contributed by atoms with E-state index in [0.29, 0.717) is 19.8 Å². The summed E-state index contributed by atoms with van der Waals surface area (Å²) in [7, 11) is 0. The van der Waals surface area contributed by atoms with Crippen molar-refractivity contribution in [1.82, 2.24) is 15.5 Å². The number of furan rings is 1. The van der Waals surface area contributed by atoms with Crippen LogP contribution in [0.5, 0.6) is 0 Å². The number of ether oxygens (including phenoxy) is 1. The van der Waals surface area contributed by atoms with Gasteiger partial charge in [-0.1, -0.05) is 12.8 Å². The molecule has 0 bridgehead atoms. The standard InChI is InChI=1S/C17H25N3O4/c21-16(17(22)19-13-4-1-2-5-13)18-12-14(15-6-3-9-24-15)20-7-10-23-11-8-20/h3,6,9,13-14H,1-2,4-5,7-8,10-12H2,(H,18,21)(H,19,22). The lowest BCUT2D eigenvalue weighted by molar-refractivity contribution is -0.139. The summed E-state index contributed by atoms with van der Waals surface area (Å²) < 4.78 is 10.9. The zero-order chi connectivity index (χ0) is 16.8. The molecular formula is C17H25N3O4. The normalized spacial score (nSPS) is 20.7. The Balaban J connectivity index is 1.54. The van der Waals surface area contributed by atoms with Crippen molar-refractivity contribution in [3.05, 3.63) is 24.2 Å². The van der Waals surface area contributed by atoms with E-state index in [4.69, 9.17) is 9.15 Å². The molecular weight excluding hydrogens is 310 g/mol. The van der Waals surface area contributed by atoms with Crippen molar-refractivity contribution >= 4 is 11.8 Å². The second kappa shape index (κ2) is 8.30. The lowest BCUT2D eigenvalue weighted by Crippen LogP contribution is -2.48. The lowest BCUT2D eigenvalue weighted by Gasteiger charge is -2.33. The van der Waals surface area contributed by atoms with Gasteiger partial charge < -0.3 is 19.8 Å². The lowest BCUT2D eigenvalue weighted by atomic mass is 10.1. The second-order valence-electron chi connectivity index (χ2n) is 6.34. The van der Waals surface area contributed by atoms with Gasteiger partial charge in [0, 0.05) is 25.7 Å². The quantitative estimate of drug-likeness (QED) is 0.779. The summed E-state index contributed by atoms with van der Waals surface area (Å²) in [4.78, 5) is 26.3. The summed E-state index contributed by atoms with van der Waals surface area (Å²) in [6, 6.07) is 3.78. The predicted molar refractivity (Wildman–Crippen MR) is 87.2 cm³/mol. The largest absolute Gasteiger partial charge is 0.468 e. The number of amides is 2. The summed E-state index contributed by atoms with van der Waals surface area (Å²) in [5, 5.41) is 5.56. The molecule has 2 fully saturated rings. The molecule has 24 heavy (non-hydrogen) atoms. The molecule has 2 aliphatic rings. The molecule has 3 rings (SSSR count). The van der Waals surface area contributed by atoms with Gasteiger partial charge in [0.1, 0.15) is 5.76 Å². The van der Waals surface area contributed by atoms with Crippen LogP contribution in [0, 0.1) is 0 Å². The Morgan fingerprint density at radius 2 is 1.96 bits per heavy atom. The van der Waals surface area contributed by atoms with E-state index in [2.05, 4.69) is 15.5 Å². The summed E-state index contributed by atoms with van der Waals surface area (Å²) in [6.07, 6.45) is 5.77. The van der Waals surface area contributed by atoms with E-state index in [1.165, 1.54) is 0 Å². The molecule has 1 atom stereocenters. The van der Waals surface area contributed by atoms with Crippen molar-refractivity contribution in [2.45, 2.75) is 37.8 Å². The van der Waals surface area contributed by atoms with E-state index in [1.807, 2.05) is 12.1 Å². The van der Waals surface area contributed by atoms with E-state index in [0.717, 1.165) is 44.5 Å². The number of morpholine rings is 1. The van der Waals surface area contributed by atoms with E-state index >= 15 is 0 Å². The zero-order valence-corrected chi connectivity index (χ0v) is 13.8. The first-order valence-corrected chi connectivity index (χ1v) is 8.68. The predicted octanol–water partition coefficient (Wildman–Crippen LogP) is 0.828. The van der Waals surface area contributed by atoms with Crippen LogP contribution in [-0.2, 0) is 14.3 Å². The summed E-state index contributed by atoms with van der Waals surface area (Å²) in [5.41, 5.74) is 0. The number of hydrogen-bond acceptors (Lipinski definition) is 5. The fourth-order valence-corrected chi connectivity index (χ4v) is 3.37. The number of nitrogens with zero attached hydrogens (tertiary/aromatic N) is 1. The number of carbonyl (C=O) groups excluding carboxylic acids is 2. The molecule has 1 aliphatic carbocycles. The summed E-state index contributed by atoms with van der Waals surface area (Å²) in [6.45, 7) is 3.20. The second-order valence-corrected chi connectivity index (χ2v) is 6.34. The maximum atomic E-state index is 12.1. The van der Waals surface area contributed by atoms with Crippen molar-refractivity contribution in [1.29, 1.82) is 0 Å². The van der Waals surface area contributed by atoms with Crippen molar-refractivity contribution < 1.29 is 18.7 Å². The molecule has 0 radical (unpaired) electrons. The molecule has 132 valence electrons. The average Bonchev–Trinajstić information content (AvgIpc) is 3.30. The van der Waals surface area contributed by atoms with Crippen LogP contribution in [-0.4, -0.2) is 55.6 Å². The molecule has 2 N–H and O–H groups in total. The van der Waals surface area contributed by atoms with Crippen molar-refractivity contribution in [2.75, 3.05) is 32.8 Å². The average molecular weight is 335 g/mol. The van der Waals surface area contributed by atoms with Crippen LogP contribution < -0.4 is 10.6 Å². The van der Waals surface area contributed by atoms with Gasteiger partial charge in [0.15, 0.2) is 0 Å². The molecule has 7 heteroatoms. The highest BCUT2D eigenvalue weighted by molar-refractivity contribution is 6.35. The number of hydrogen-bond donors (Lipinski definition) is 2. The van der Waals surface area contributed by atoms with Gasteiger partial charge in [-0.3, -0.25) is 14.5 Å². The van der Waals surface area contributed by atoms with Crippen molar-refractivity contribution in [2.24, 2.45) is 0 Å². The first-order valence-electron chi connectivity index (χ1n) is 8.68. The molecule has 1 unspecified atom stereocenters. The highest BCUT2D eigenvalue weighted by Gasteiger charge is 2.27. The van der Waals surface area contributed by atoms with Gasteiger partial charge >= 0.3 is 11.8 Å². The maximum Gasteiger partial charge on any atom is 0.309 e. The van der Waals surface area contributed by atoms with Gasteiger partial charge in [0.25, 0.3) is 0 Å². The van der Waals surface area contributed by atoms with Crippen molar-refractivity contribution in [3.8, 4) is 0 Å². The van der Waals surface area contributed by atoms with Gasteiger partial charge in [-0.25, -0.2) is 0 Å². The van der Waals surface area contributed by atoms with Crippen LogP contribution >= 0.6 is 0 Å². The van der Waals surface area contributed by atoms with Crippen LogP contribution in [0.25, 0.3) is 0 Å². The van der Waals surface area contributed by atoms with E-state index < -0.39 is 11.8 Å². The smallest absolute Gasteiger partial charge is 0.309 e. The molecule has 2 heterocycles. The number of rotatable bonds is 5. The SMILES string of the molecule is O=C(NCC(c1ccco1)N1CCOCC1)C(=O)NC1CCCC1. The Morgan fingerprint density at radius 3 is 2.62 bits per heavy atom. The zero-order valence-electron chi connectivity index (χ0n) is 13.8. The molecule has 0 aromatic carbocycles. The third-order valence-corrected chi connectivity index (χ3v) is 4.71. The topological polar surface area (TPSA) is 83.8 Å². The van der Waals surface area contributed by atoms with E-state index in [-0.39, 0.29) is 12.1 Å². The van der Waals surface area contributed by atoms with Crippen LogP contribution in [0.3, 0.4) is 0 Å². The number of carbonyl (C=O) groups is 2. The van der Waals surface area contributed by atoms with Gasteiger partial charge in [-0.2, -0.15) is 0 Å². The minimum absolute atomic E-state index is 0.0906. The van der Waals surface area contributed by atoms with Crippen LogP contribution in [0.4, 0.5) is 0 Å². The fraction of sp³-hybridized carbons (Fsp3) is 0.647. The monoisotopic (exact) mass is 335 g/mol. The highest BCUT2D eigenvalue weighted by Crippen LogP contribution is 2.21. The maximum absolute atomic E-state index is 12.1. The van der Waals surface area contributed by atoms with Crippen LogP contribution in [0.2, 0.25) is 0 Å². The van der Waals surface area contributed by atoms with E-state index in [1.54, 1.807) is 6.26 Å². The van der Waals surface area contributed by atoms with Crippen molar-refractivity contribution in [3.63, 3.8) is 0 Å². The third kappa shape index (κ3) is 4.36. The molecule has 1 saturated carbocycles. The van der Waals surface area contributed by atoms with Gasteiger partial charge in [-0.05, 0) is 25.0 Å². The van der Waals surface area contributed by atoms with Crippen LogP contribution in [0.15, 0.2) is 22.8 Å². The van der Waals surface area contributed by atoms with Crippen LogP contribution in [0.1, 0.15) is 37.5 Å². The molecule has 0 spiro atoms. The van der Waals surface area contributed by atoms with Gasteiger partial charge in [0.2, 0.25) is 0 Å². The summed E-state index contributed by atoms with van der Waals surface area (Å²) >= 11 is 0. The number of nitrogens with one attached hydrogen (secondary N) is 2. The molecule has 2 amide bonds. The molecule has 1 saturated heterocycles. The third-order valence-electron chi connectivity index (χ3n) is 4.71. The Bertz CT molecular complexity index is 534. The molecule has 1 aromatic heterocycles. The fourth-order valence-electron chi connectivity index (χ4n) is 3.37. The molecule has 7 nitrogen and oxygen atoms in total. The first-order chi connectivity index (χ1) is 11.7. The first kappa shape index (κ1) is 17.0. The minimum atomic E-state index is -0.577. The Morgan fingerprint density at radius 1 is 1.21 bits per heavy atom. The van der Waals surface area contributed by atoms with Gasteiger partial charge in [0.05, 0.1) is 25.5 Å². The van der Waals surface area contributed by atoms with Gasteiger partial charge in [-0.15, -0.1) is 0 Å². The minimum Gasteiger partial charge on any atom is -0.468 e. The Labute approximate surface area is 141 Å². The molecule has 1 aliphatic heterocycles. The summed E-state index contributed by atoms with van der Waals surface area (Å²) in [5.74, 6) is -0.331. The molecule has 1 aromatic rings.